The van der Waals surface area contributed by atoms with Crippen LogP contribution in [-0.4, -0.2) is 55.0 Å². The van der Waals surface area contributed by atoms with Crippen LogP contribution in [0.3, 0.4) is 0 Å². The highest BCUT2D eigenvalue weighted by Gasteiger charge is 2.34. The molecule has 4 nitrogen and oxygen atoms in total. The maximum Gasteiger partial charge on any atom is 0.223 e. The van der Waals surface area contributed by atoms with E-state index in [2.05, 4.69) is 11.8 Å². The third-order valence-electron chi connectivity index (χ3n) is 4.56. The first-order valence-corrected chi connectivity index (χ1v) is 7.71. The highest BCUT2D eigenvalue weighted by Crippen LogP contribution is 2.31. The second-order valence-electron chi connectivity index (χ2n) is 5.96. The number of rotatable bonds is 6. The fourth-order valence-corrected chi connectivity index (χ4v) is 3.22. The van der Waals surface area contributed by atoms with Crippen molar-refractivity contribution in [3.8, 4) is 0 Å². The van der Waals surface area contributed by atoms with Gasteiger partial charge in [0, 0.05) is 39.1 Å². The number of hydrogen-bond donors (Lipinski definition) is 1. The number of nitrogens with two attached hydrogens (primary N) is 1. The molecule has 0 heterocycles. The van der Waals surface area contributed by atoms with Gasteiger partial charge in [-0.15, -0.1) is 0 Å². The molecule has 1 rings (SSSR count). The maximum absolute atomic E-state index is 11.8. The third-order valence-corrected chi connectivity index (χ3v) is 4.56. The molecule has 1 aliphatic rings. The molecule has 1 aliphatic carbocycles. The lowest BCUT2D eigenvalue weighted by Gasteiger charge is -2.43. The highest BCUT2D eigenvalue weighted by atomic mass is 16.2. The van der Waals surface area contributed by atoms with Gasteiger partial charge in [-0.2, -0.15) is 0 Å². The van der Waals surface area contributed by atoms with E-state index >= 15 is 0 Å². The summed E-state index contributed by atoms with van der Waals surface area (Å²) >= 11 is 0. The molecule has 0 aliphatic heterocycles. The van der Waals surface area contributed by atoms with Gasteiger partial charge < -0.3 is 10.6 Å². The van der Waals surface area contributed by atoms with Gasteiger partial charge in [0.2, 0.25) is 5.91 Å². The largest absolute Gasteiger partial charge is 0.349 e. The Morgan fingerprint density at radius 3 is 2.16 bits per heavy atom. The molecule has 0 radical (unpaired) electrons. The minimum Gasteiger partial charge on any atom is -0.349 e. The van der Waals surface area contributed by atoms with E-state index < -0.39 is 0 Å². The van der Waals surface area contributed by atoms with Crippen LogP contribution in [0.4, 0.5) is 0 Å². The number of likely N-dealkylation sites (N-methyl/N-ethyl adjacent to an activating group) is 1. The number of carbonyl (C=O) groups excluding carboxylic acids is 1. The lowest BCUT2D eigenvalue weighted by molar-refractivity contribution is -0.129. The number of carbonyl (C=O) groups is 1. The molecule has 19 heavy (non-hydrogen) atoms. The smallest absolute Gasteiger partial charge is 0.223 e. The van der Waals surface area contributed by atoms with E-state index in [1.165, 1.54) is 38.5 Å². The van der Waals surface area contributed by atoms with E-state index in [4.69, 9.17) is 5.73 Å². The Hall–Kier alpha value is -0.610. The predicted molar refractivity (Wildman–Crippen MR) is 80.0 cm³/mol. The second-order valence-corrected chi connectivity index (χ2v) is 5.96. The monoisotopic (exact) mass is 269 g/mol. The molecule has 112 valence electrons. The van der Waals surface area contributed by atoms with Crippen LogP contribution in [0.2, 0.25) is 0 Å². The van der Waals surface area contributed by atoms with Crippen LogP contribution in [0.5, 0.6) is 0 Å². The van der Waals surface area contributed by atoms with Crippen molar-refractivity contribution >= 4 is 5.91 Å². The van der Waals surface area contributed by atoms with Crippen LogP contribution in [0.15, 0.2) is 0 Å². The first-order valence-electron chi connectivity index (χ1n) is 7.71. The number of hydrogen-bond acceptors (Lipinski definition) is 3. The van der Waals surface area contributed by atoms with Gasteiger partial charge in [0.15, 0.2) is 0 Å². The van der Waals surface area contributed by atoms with E-state index in [1.807, 2.05) is 14.1 Å². The normalized spacial score (nSPS) is 19.2. The Morgan fingerprint density at radius 2 is 1.74 bits per heavy atom. The molecule has 0 spiro atoms. The molecule has 0 saturated heterocycles. The summed E-state index contributed by atoms with van der Waals surface area (Å²) in [5.41, 5.74) is 6.25. The molecule has 2 N–H and O–H groups in total. The van der Waals surface area contributed by atoms with Gasteiger partial charge >= 0.3 is 0 Å². The van der Waals surface area contributed by atoms with Crippen LogP contribution in [-0.2, 0) is 4.79 Å². The first kappa shape index (κ1) is 16.4. The fourth-order valence-electron chi connectivity index (χ4n) is 3.22. The van der Waals surface area contributed by atoms with Crippen LogP contribution >= 0.6 is 0 Å². The van der Waals surface area contributed by atoms with E-state index in [0.717, 1.165) is 19.6 Å². The predicted octanol–water partition coefficient (Wildman–Crippen LogP) is 1.84. The molecule has 1 amide bonds. The molecule has 0 aromatic rings. The van der Waals surface area contributed by atoms with Crippen LogP contribution in [0.1, 0.15) is 51.9 Å². The van der Waals surface area contributed by atoms with Crippen molar-refractivity contribution in [3.05, 3.63) is 0 Å². The summed E-state index contributed by atoms with van der Waals surface area (Å²) in [6.07, 6.45) is 8.18. The summed E-state index contributed by atoms with van der Waals surface area (Å²) < 4.78 is 0. The van der Waals surface area contributed by atoms with Gasteiger partial charge in [-0.25, -0.2) is 0 Å². The average Bonchev–Trinajstić information content (AvgIpc) is 2.65. The molecular formula is C15H31N3O. The lowest BCUT2D eigenvalue weighted by atomic mass is 9.88. The van der Waals surface area contributed by atoms with E-state index in [-0.39, 0.29) is 11.4 Å². The summed E-state index contributed by atoms with van der Waals surface area (Å²) in [7, 11) is 3.64. The molecule has 0 atom stereocenters. The zero-order valence-corrected chi connectivity index (χ0v) is 13.0. The third kappa shape index (κ3) is 4.46. The lowest BCUT2D eigenvalue weighted by Crippen LogP contribution is -2.54. The van der Waals surface area contributed by atoms with Gasteiger partial charge in [0.25, 0.3) is 0 Å². The molecule has 0 aromatic carbocycles. The minimum absolute atomic E-state index is 0.137. The van der Waals surface area contributed by atoms with Gasteiger partial charge in [0.05, 0.1) is 0 Å². The molecule has 1 fully saturated rings. The summed E-state index contributed by atoms with van der Waals surface area (Å²) in [5, 5.41) is 0. The molecular weight excluding hydrogens is 238 g/mol. The van der Waals surface area contributed by atoms with Crippen molar-refractivity contribution in [2.45, 2.75) is 57.4 Å². The van der Waals surface area contributed by atoms with Crippen molar-refractivity contribution in [2.75, 3.05) is 33.7 Å². The molecule has 0 bridgehead atoms. The highest BCUT2D eigenvalue weighted by molar-refractivity contribution is 5.75. The fraction of sp³-hybridized carbons (Fsp3) is 0.933. The summed E-state index contributed by atoms with van der Waals surface area (Å²) in [6, 6.07) is 0. The molecule has 0 aromatic heterocycles. The summed E-state index contributed by atoms with van der Waals surface area (Å²) in [6.45, 7) is 4.72. The van der Waals surface area contributed by atoms with Gasteiger partial charge in [0.1, 0.15) is 0 Å². The van der Waals surface area contributed by atoms with E-state index in [0.29, 0.717) is 6.42 Å². The summed E-state index contributed by atoms with van der Waals surface area (Å²) in [5.74, 6) is 0.208. The van der Waals surface area contributed by atoms with Crippen LogP contribution < -0.4 is 5.73 Å². The van der Waals surface area contributed by atoms with Crippen molar-refractivity contribution < 1.29 is 4.79 Å². The van der Waals surface area contributed by atoms with E-state index in [9.17, 15) is 4.79 Å². The Balaban J connectivity index is 2.66. The minimum atomic E-state index is 0.137. The van der Waals surface area contributed by atoms with Crippen LogP contribution in [0.25, 0.3) is 0 Å². The van der Waals surface area contributed by atoms with E-state index in [1.54, 1.807) is 4.90 Å². The zero-order valence-electron chi connectivity index (χ0n) is 13.0. The SMILES string of the molecule is CCN(CCC(=O)N(C)C)C1(CN)CCCCCC1. The van der Waals surface area contributed by atoms with Crippen molar-refractivity contribution in [2.24, 2.45) is 5.73 Å². The Labute approximate surface area is 118 Å². The zero-order chi connectivity index (χ0) is 14.3. The standard InChI is InChI=1S/C15H31N3O/c1-4-18(12-9-14(19)17(2)3)15(13-16)10-7-5-6-8-11-15/h4-13,16H2,1-3H3. The number of amides is 1. The Bertz CT molecular complexity index is 271. The van der Waals surface area contributed by atoms with Crippen LogP contribution in [0, 0.1) is 0 Å². The van der Waals surface area contributed by atoms with Crippen molar-refractivity contribution in [1.82, 2.24) is 9.80 Å². The molecule has 0 unspecified atom stereocenters. The Morgan fingerprint density at radius 1 is 1.16 bits per heavy atom. The summed E-state index contributed by atoms with van der Waals surface area (Å²) in [4.78, 5) is 15.9. The van der Waals surface area contributed by atoms with Crippen molar-refractivity contribution in [3.63, 3.8) is 0 Å². The quantitative estimate of drug-likeness (QED) is 0.749. The second kappa shape index (κ2) is 7.85. The molecule has 1 saturated carbocycles. The van der Waals surface area contributed by atoms with Gasteiger partial charge in [-0.3, -0.25) is 9.69 Å². The Kier molecular flexibility index (Phi) is 6.80. The molecule has 4 heteroatoms. The maximum atomic E-state index is 11.8. The van der Waals surface area contributed by atoms with Gasteiger partial charge in [-0.1, -0.05) is 32.6 Å². The first-order chi connectivity index (χ1) is 9.05. The number of nitrogens with zero attached hydrogens (tertiary/aromatic N) is 2. The topological polar surface area (TPSA) is 49.6 Å². The van der Waals surface area contributed by atoms with Gasteiger partial charge in [-0.05, 0) is 19.4 Å². The van der Waals surface area contributed by atoms with Crippen molar-refractivity contribution in [1.29, 1.82) is 0 Å². The average molecular weight is 269 g/mol.